The van der Waals surface area contributed by atoms with Gasteiger partial charge in [-0.15, -0.1) is 0 Å². The average molecular weight is 1110 g/mol. The van der Waals surface area contributed by atoms with Crippen LogP contribution in [-0.4, -0.2) is 0 Å². The quantitative estimate of drug-likeness (QED) is 0.166. The molecule has 5 aliphatic carbocycles. The number of benzene rings is 11. The van der Waals surface area contributed by atoms with E-state index in [1.165, 1.54) is 83.5 Å². The van der Waals surface area contributed by atoms with Crippen LogP contribution in [0, 0.1) is 5.92 Å². The molecule has 4 heteroatoms. The topological polar surface area (TPSA) is 32.8 Å². The van der Waals surface area contributed by atoms with Crippen molar-refractivity contribution < 1.29 is 8.83 Å². The standard InChI is InChI=1S/C82H62N2O2/c1-79(2)59-33-17-13-29-53(59)55-43-41-51(45-65(55)79)83(49-25-9-7-10-26-49)69-47-68-76(78-73(69)57-31-15-23-39-71(57)86-78)75-67(82(68)63-37-21-19-35-61(63)81(5,6)62-36-20-22-38-64(62)82)48-70(77-74(75)58-32-16-24-40-72(58)85-77)84(50-27-11-8-12-28-50)52-42-44-56-54-30-14-18-34-60(54)80(3,4)66(56)46-52/h7-48,67,75H,1-6H3. The third-order valence-electron chi connectivity index (χ3n) is 21.0. The van der Waals surface area contributed by atoms with Crippen molar-refractivity contribution in [1.82, 2.24) is 0 Å². The van der Waals surface area contributed by atoms with Gasteiger partial charge in [0.15, 0.2) is 5.76 Å². The van der Waals surface area contributed by atoms with Gasteiger partial charge in [-0.05, 0) is 139 Å². The van der Waals surface area contributed by atoms with E-state index in [0.29, 0.717) is 0 Å². The lowest BCUT2D eigenvalue weighted by molar-refractivity contribution is 0.411. The minimum atomic E-state index is -0.764. The highest BCUT2D eigenvalue weighted by atomic mass is 16.3. The average Bonchev–Trinajstić information content (AvgIpc) is 1.45. The van der Waals surface area contributed by atoms with Gasteiger partial charge < -0.3 is 18.6 Å². The van der Waals surface area contributed by atoms with Crippen LogP contribution in [-0.2, 0) is 21.7 Å². The molecule has 4 nitrogen and oxygen atoms in total. The zero-order valence-electron chi connectivity index (χ0n) is 49.1. The molecule has 0 N–H and O–H groups in total. The van der Waals surface area contributed by atoms with Crippen LogP contribution in [0.25, 0.3) is 60.9 Å². The van der Waals surface area contributed by atoms with Gasteiger partial charge in [-0.3, -0.25) is 0 Å². The zero-order chi connectivity index (χ0) is 57.6. The first-order valence-corrected chi connectivity index (χ1v) is 30.6. The molecule has 13 aromatic rings. The molecule has 0 fully saturated rings. The summed E-state index contributed by atoms with van der Waals surface area (Å²) in [5, 5.41) is 3.29. The molecular formula is C82H62N2O2. The van der Waals surface area contributed by atoms with Gasteiger partial charge in [0, 0.05) is 72.7 Å². The summed E-state index contributed by atoms with van der Waals surface area (Å²) in [5.74, 6) is 0.459. The van der Waals surface area contributed by atoms with Gasteiger partial charge >= 0.3 is 0 Å². The number of para-hydroxylation sites is 4. The van der Waals surface area contributed by atoms with Gasteiger partial charge in [-0.2, -0.15) is 0 Å². The van der Waals surface area contributed by atoms with Crippen LogP contribution in [0.1, 0.15) is 114 Å². The van der Waals surface area contributed by atoms with E-state index >= 15 is 0 Å². The summed E-state index contributed by atoms with van der Waals surface area (Å²) in [6.07, 6.45) is 2.64. The monoisotopic (exact) mass is 1110 g/mol. The number of rotatable bonds is 6. The Morgan fingerprint density at radius 1 is 0.337 bits per heavy atom. The molecule has 86 heavy (non-hydrogen) atoms. The summed E-state index contributed by atoms with van der Waals surface area (Å²) in [6.45, 7) is 14.4. The first kappa shape index (κ1) is 49.5. The maximum absolute atomic E-state index is 7.72. The highest BCUT2D eigenvalue weighted by Gasteiger charge is 2.62. The summed E-state index contributed by atoms with van der Waals surface area (Å²) in [7, 11) is 0. The van der Waals surface area contributed by atoms with Crippen LogP contribution >= 0.6 is 0 Å². The summed E-state index contributed by atoms with van der Waals surface area (Å²) in [6, 6.07) is 93.2. The molecule has 0 saturated heterocycles. The van der Waals surface area contributed by atoms with Gasteiger partial charge in [0.1, 0.15) is 16.7 Å². The SMILES string of the molecule is CC1(C)c2ccccc2-c2ccc(N(C3=CC4C(c5c3oc3ccccc53)c3c(cc(N(c5ccccc5)c5ccc6c(c5)C(C)(C)c5ccccc5-6)c5c3oc3ccccc35)C43c4ccccc4C(C)(C)c4ccccc43)c3ccccc3)cc21. The van der Waals surface area contributed by atoms with Gasteiger partial charge in [-0.25, -0.2) is 0 Å². The number of hydrogen-bond acceptors (Lipinski definition) is 4. The van der Waals surface area contributed by atoms with E-state index in [4.69, 9.17) is 8.83 Å². The molecule has 2 aromatic heterocycles. The Morgan fingerprint density at radius 3 is 1.36 bits per heavy atom. The molecule has 0 aliphatic heterocycles. The molecule has 5 aliphatic rings. The lowest BCUT2D eigenvalue weighted by Gasteiger charge is -2.49. The summed E-state index contributed by atoms with van der Waals surface area (Å²) < 4.78 is 15.3. The van der Waals surface area contributed by atoms with Crippen molar-refractivity contribution in [2.24, 2.45) is 5.92 Å². The fourth-order valence-electron chi connectivity index (χ4n) is 17.2. The van der Waals surface area contributed by atoms with Gasteiger partial charge in [0.05, 0.1) is 22.2 Å². The van der Waals surface area contributed by atoms with Crippen molar-refractivity contribution in [3.05, 3.63) is 322 Å². The number of hydrogen-bond donors (Lipinski definition) is 0. The Kier molecular flexibility index (Phi) is 10.00. The highest BCUT2D eigenvalue weighted by molar-refractivity contribution is 6.16. The molecule has 2 heterocycles. The molecule has 11 aromatic carbocycles. The third kappa shape index (κ3) is 6.33. The van der Waals surface area contributed by atoms with Crippen molar-refractivity contribution in [3.63, 3.8) is 0 Å². The Bertz CT molecular complexity index is 5020. The van der Waals surface area contributed by atoms with Crippen LogP contribution in [0.15, 0.2) is 264 Å². The molecule has 0 saturated carbocycles. The minimum Gasteiger partial charge on any atom is -0.456 e. The summed E-state index contributed by atoms with van der Waals surface area (Å²) >= 11 is 0. The fourth-order valence-corrected chi connectivity index (χ4v) is 17.2. The molecule has 0 bridgehead atoms. The van der Waals surface area contributed by atoms with Crippen LogP contribution in [0.4, 0.5) is 28.4 Å². The number of fused-ring (bicyclic) bond motifs is 23. The second-order valence-electron chi connectivity index (χ2n) is 26.2. The van der Waals surface area contributed by atoms with Gasteiger partial charge in [0.2, 0.25) is 0 Å². The zero-order valence-corrected chi connectivity index (χ0v) is 49.1. The Morgan fingerprint density at radius 2 is 0.779 bits per heavy atom. The van der Waals surface area contributed by atoms with Crippen molar-refractivity contribution in [3.8, 4) is 22.3 Å². The fraction of sp³-hybridized carbons (Fsp3) is 0.146. The molecular weight excluding hydrogens is 1040 g/mol. The second kappa shape index (κ2) is 17.4. The maximum atomic E-state index is 7.72. The van der Waals surface area contributed by atoms with Gasteiger partial charge in [-0.1, -0.05) is 230 Å². The molecule has 0 radical (unpaired) electrons. The lowest BCUT2D eigenvalue weighted by Crippen LogP contribution is -2.44. The normalized spacial score (nSPS) is 17.9. The molecule has 2 unspecified atom stereocenters. The largest absolute Gasteiger partial charge is 0.456 e. The predicted octanol–water partition coefficient (Wildman–Crippen LogP) is 21.3. The van der Waals surface area contributed by atoms with Crippen molar-refractivity contribution in [1.29, 1.82) is 0 Å². The van der Waals surface area contributed by atoms with Crippen LogP contribution in [0.2, 0.25) is 0 Å². The summed E-state index contributed by atoms with van der Waals surface area (Å²) in [5.41, 5.74) is 27.0. The van der Waals surface area contributed by atoms with E-state index in [-0.39, 0.29) is 28.1 Å². The Labute approximate surface area is 501 Å². The smallest absolute Gasteiger partial charge is 0.155 e. The summed E-state index contributed by atoms with van der Waals surface area (Å²) in [4.78, 5) is 5.04. The van der Waals surface area contributed by atoms with Crippen molar-refractivity contribution >= 4 is 67.0 Å². The molecule has 18 rings (SSSR count). The first-order chi connectivity index (χ1) is 42.0. The number of anilines is 5. The number of nitrogens with zero attached hydrogens (tertiary/aromatic N) is 2. The Hall–Kier alpha value is -9.90. The van der Waals surface area contributed by atoms with E-state index < -0.39 is 5.41 Å². The highest BCUT2D eigenvalue weighted by Crippen LogP contribution is 2.70. The molecule has 412 valence electrons. The van der Waals surface area contributed by atoms with E-state index in [0.717, 1.165) is 72.8 Å². The molecule has 2 atom stereocenters. The predicted molar refractivity (Wildman–Crippen MR) is 353 cm³/mol. The van der Waals surface area contributed by atoms with E-state index in [9.17, 15) is 0 Å². The van der Waals surface area contributed by atoms with Crippen LogP contribution < -0.4 is 9.80 Å². The third-order valence-corrected chi connectivity index (χ3v) is 21.0. The van der Waals surface area contributed by atoms with E-state index in [1.807, 2.05) is 0 Å². The van der Waals surface area contributed by atoms with E-state index in [2.05, 4.69) is 306 Å². The van der Waals surface area contributed by atoms with E-state index in [1.54, 1.807) is 0 Å². The number of furan rings is 2. The second-order valence-corrected chi connectivity index (χ2v) is 26.2. The first-order valence-electron chi connectivity index (χ1n) is 30.6. The number of allylic oxidation sites excluding steroid dienone is 1. The van der Waals surface area contributed by atoms with Gasteiger partial charge in [0.25, 0.3) is 0 Å². The lowest BCUT2D eigenvalue weighted by atomic mass is 9.53. The van der Waals surface area contributed by atoms with Crippen molar-refractivity contribution in [2.45, 2.75) is 69.1 Å². The Balaban J connectivity index is 0.988. The molecule has 1 spiro atoms. The molecule has 0 amide bonds. The van der Waals surface area contributed by atoms with Crippen LogP contribution in [0.3, 0.4) is 0 Å². The van der Waals surface area contributed by atoms with Crippen molar-refractivity contribution in [2.75, 3.05) is 9.80 Å². The van der Waals surface area contributed by atoms with Crippen LogP contribution in [0.5, 0.6) is 0 Å². The minimum absolute atomic E-state index is 0.197. The maximum Gasteiger partial charge on any atom is 0.155 e.